The van der Waals surface area contributed by atoms with E-state index >= 15 is 0 Å². The molecule has 0 atom stereocenters. The van der Waals surface area contributed by atoms with Crippen molar-refractivity contribution in [2.45, 2.75) is 18.3 Å². The zero-order chi connectivity index (χ0) is 16.4. The maximum absolute atomic E-state index is 13.1. The van der Waals surface area contributed by atoms with Gasteiger partial charge in [0.05, 0.1) is 25.3 Å². The first kappa shape index (κ1) is 15.3. The molecule has 120 valence electrons. The van der Waals surface area contributed by atoms with Crippen molar-refractivity contribution in [1.82, 2.24) is 0 Å². The van der Waals surface area contributed by atoms with E-state index in [0.717, 1.165) is 18.4 Å². The molecule has 1 amide bonds. The molecule has 1 N–H and O–H groups in total. The zero-order valence-electron chi connectivity index (χ0n) is 13.1. The highest BCUT2D eigenvalue weighted by molar-refractivity contribution is 6.02. The van der Waals surface area contributed by atoms with Gasteiger partial charge in [-0.2, -0.15) is 0 Å². The summed E-state index contributed by atoms with van der Waals surface area (Å²) in [5.41, 5.74) is 0.811. The lowest BCUT2D eigenvalue weighted by atomic mass is 9.95. The molecule has 23 heavy (non-hydrogen) atoms. The molecule has 3 rings (SSSR count). The minimum absolute atomic E-state index is 0.115. The summed E-state index contributed by atoms with van der Waals surface area (Å²) in [7, 11) is 3.11. The van der Waals surface area contributed by atoms with E-state index in [-0.39, 0.29) is 11.7 Å². The van der Waals surface area contributed by atoms with Crippen molar-refractivity contribution in [3.05, 3.63) is 53.8 Å². The van der Waals surface area contributed by atoms with Crippen LogP contribution in [0.25, 0.3) is 0 Å². The van der Waals surface area contributed by atoms with Crippen molar-refractivity contribution < 1.29 is 18.7 Å². The molecule has 0 aromatic heterocycles. The SMILES string of the molecule is COc1ccc(OC)c(NC(=O)C2(c3ccc(F)cc3)CC2)c1. The fourth-order valence-electron chi connectivity index (χ4n) is 2.69. The molecule has 2 aromatic carbocycles. The summed E-state index contributed by atoms with van der Waals surface area (Å²) in [5, 5.41) is 2.91. The summed E-state index contributed by atoms with van der Waals surface area (Å²) in [5.74, 6) is 0.775. The van der Waals surface area contributed by atoms with Gasteiger partial charge in [-0.05, 0) is 42.7 Å². The van der Waals surface area contributed by atoms with Gasteiger partial charge in [0.2, 0.25) is 5.91 Å². The lowest BCUT2D eigenvalue weighted by Gasteiger charge is -2.18. The van der Waals surface area contributed by atoms with Crippen molar-refractivity contribution >= 4 is 11.6 Å². The highest BCUT2D eigenvalue weighted by Gasteiger charge is 2.51. The molecule has 0 unspecified atom stereocenters. The molecule has 4 nitrogen and oxygen atoms in total. The van der Waals surface area contributed by atoms with E-state index in [1.807, 2.05) is 0 Å². The van der Waals surface area contributed by atoms with Crippen LogP contribution in [0.1, 0.15) is 18.4 Å². The smallest absolute Gasteiger partial charge is 0.235 e. The van der Waals surface area contributed by atoms with Crippen LogP contribution >= 0.6 is 0 Å². The number of halogens is 1. The van der Waals surface area contributed by atoms with Gasteiger partial charge < -0.3 is 14.8 Å². The number of amides is 1. The van der Waals surface area contributed by atoms with Crippen LogP contribution in [-0.2, 0) is 10.2 Å². The van der Waals surface area contributed by atoms with Gasteiger partial charge >= 0.3 is 0 Å². The predicted molar refractivity (Wildman–Crippen MR) is 85.5 cm³/mol. The molecular formula is C18H18FNO3. The lowest BCUT2D eigenvalue weighted by Crippen LogP contribution is -2.28. The van der Waals surface area contributed by atoms with Gasteiger partial charge in [-0.15, -0.1) is 0 Å². The number of hydrogen-bond donors (Lipinski definition) is 1. The highest BCUT2D eigenvalue weighted by atomic mass is 19.1. The number of anilines is 1. The van der Waals surface area contributed by atoms with Gasteiger partial charge in [0.1, 0.15) is 17.3 Å². The van der Waals surface area contributed by atoms with Crippen molar-refractivity contribution in [3.8, 4) is 11.5 Å². The number of methoxy groups -OCH3 is 2. The molecule has 0 radical (unpaired) electrons. The molecule has 1 fully saturated rings. The topological polar surface area (TPSA) is 47.6 Å². The standard InChI is InChI=1S/C18H18FNO3/c1-22-14-7-8-16(23-2)15(11-14)20-17(21)18(9-10-18)12-3-5-13(19)6-4-12/h3-8,11H,9-10H2,1-2H3,(H,20,21). The molecule has 0 spiro atoms. The van der Waals surface area contributed by atoms with Gasteiger partial charge in [-0.1, -0.05) is 12.1 Å². The molecule has 0 heterocycles. The Labute approximate surface area is 134 Å². The van der Waals surface area contributed by atoms with E-state index in [4.69, 9.17) is 9.47 Å². The van der Waals surface area contributed by atoms with Crippen LogP contribution in [0.2, 0.25) is 0 Å². The van der Waals surface area contributed by atoms with E-state index < -0.39 is 5.41 Å². The van der Waals surface area contributed by atoms with E-state index in [0.29, 0.717) is 17.2 Å². The number of nitrogens with one attached hydrogen (secondary N) is 1. The molecule has 1 saturated carbocycles. The number of rotatable bonds is 5. The van der Waals surface area contributed by atoms with Crippen LogP contribution in [0.15, 0.2) is 42.5 Å². The first-order chi connectivity index (χ1) is 11.1. The summed E-state index contributed by atoms with van der Waals surface area (Å²) < 4.78 is 23.6. The van der Waals surface area contributed by atoms with Crippen molar-refractivity contribution in [1.29, 1.82) is 0 Å². The number of benzene rings is 2. The van der Waals surface area contributed by atoms with Crippen LogP contribution < -0.4 is 14.8 Å². The maximum Gasteiger partial charge on any atom is 0.235 e. The van der Waals surface area contributed by atoms with Crippen molar-refractivity contribution in [2.24, 2.45) is 0 Å². The average molecular weight is 315 g/mol. The summed E-state index contributed by atoms with van der Waals surface area (Å²) in [6.45, 7) is 0. The molecule has 0 saturated heterocycles. The van der Waals surface area contributed by atoms with Crippen LogP contribution in [-0.4, -0.2) is 20.1 Å². The Hall–Kier alpha value is -2.56. The summed E-state index contributed by atoms with van der Waals surface area (Å²) in [6, 6.07) is 11.3. The van der Waals surface area contributed by atoms with Gasteiger partial charge in [0.15, 0.2) is 0 Å². The van der Waals surface area contributed by atoms with Crippen LogP contribution in [0.5, 0.6) is 11.5 Å². The number of carbonyl (C=O) groups excluding carboxylic acids is 1. The minimum atomic E-state index is -0.582. The largest absolute Gasteiger partial charge is 0.497 e. The fraction of sp³-hybridized carbons (Fsp3) is 0.278. The van der Waals surface area contributed by atoms with Crippen molar-refractivity contribution in [3.63, 3.8) is 0 Å². The first-order valence-electron chi connectivity index (χ1n) is 7.38. The zero-order valence-corrected chi connectivity index (χ0v) is 13.1. The Bertz CT molecular complexity index is 724. The minimum Gasteiger partial charge on any atom is -0.497 e. The molecule has 1 aliphatic rings. The molecule has 1 aliphatic carbocycles. The highest BCUT2D eigenvalue weighted by Crippen LogP contribution is 2.49. The Morgan fingerprint density at radius 2 is 1.78 bits per heavy atom. The molecule has 5 heteroatoms. The van der Waals surface area contributed by atoms with Gasteiger partial charge in [0.25, 0.3) is 0 Å². The predicted octanol–water partition coefficient (Wildman–Crippen LogP) is 3.51. The Morgan fingerprint density at radius 3 is 2.35 bits per heavy atom. The third-order valence-corrected chi connectivity index (χ3v) is 4.24. The number of carbonyl (C=O) groups is 1. The molecule has 2 aromatic rings. The van der Waals surface area contributed by atoms with Gasteiger partial charge in [-0.25, -0.2) is 4.39 Å². The number of hydrogen-bond acceptors (Lipinski definition) is 3. The third kappa shape index (κ3) is 2.86. The second-order valence-electron chi connectivity index (χ2n) is 5.61. The third-order valence-electron chi connectivity index (χ3n) is 4.24. The summed E-state index contributed by atoms with van der Waals surface area (Å²) in [4.78, 5) is 12.7. The fourth-order valence-corrected chi connectivity index (χ4v) is 2.69. The molecular weight excluding hydrogens is 297 g/mol. The number of ether oxygens (including phenoxy) is 2. The normalized spacial score (nSPS) is 14.9. The van der Waals surface area contributed by atoms with Crippen molar-refractivity contribution in [2.75, 3.05) is 19.5 Å². The molecule has 0 aliphatic heterocycles. The Morgan fingerprint density at radius 1 is 1.09 bits per heavy atom. The summed E-state index contributed by atoms with van der Waals surface area (Å²) in [6.07, 6.45) is 1.49. The van der Waals surface area contributed by atoms with E-state index in [1.54, 1.807) is 44.6 Å². The summed E-state index contributed by atoms with van der Waals surface area (Å²) >= 11 is 0. The average Bonchev–Trinajstić information content (AvgIpc) is 3.37. The second-order valence-corrected chi connectivity index (χ2v) is 5.61. The quantitative estimate of drug-likeness (QED) is 0.918. The van der Waals surface area contributed by atoms with E-state index in [2.05, 4.69) is 5.32 Å². The van der Waals surface area contributed by atoms with Crippen LogP contribution in [0.4, 0.5) is 10.1 Å². The monoisotopic (exact) mass is 315 g/mol. The maximum atomic E-state index is 13.1. The van der Waals surface area contributed by atoms with Crippen LogP contribution in [0, 0.1) is 5.82 Å². The van der Waals surface area contributed by atoms with E-state index in [9.17, 15) is 9.18 Å². The lowest BCUT2D eigenvalue weighted by molar-refractivity contribution is -0.118. The first-order valence-corrected chi connectivity index (χ1v) is 7.38. The Kier molecular flexibility index (Phi) is 3.94. The van der Waals surface area contributed by atoms with Gasteiger partial charge in [0, 0.05) is 6.07 Å². The second kappa shape index (κ2) is 5.91. The molecule has 0 bridgehead atoms. The van der Waals surface area contributed by atoms with Gasteiger partial charge in [-0.3, -0.25) is 4.79 Å². The Balaban J connectivity index is 1.86. The van der Waals surface area contributed by atoms with E-state index in [1.165, 1.54) is 12.1 Å². The van der Waals surface area contributed by atoms with Crippen LogP contribution in [0.3, 0.4) is 0 Å².